The molecule has 0 aromatic rings. The zero-order valence-electron chi connectivity index (χ0n) is 11.8. The molecule has 0 aliphatic carbocycles. The predicted octanol–water partition coefficient (Wildman–Crippen LogP) is 0.607. The van der Waals surface area contributed by atoms with Crippen molar-refractivity contribution in [1.29, 1.82) is 0 Å². The Balaban J connectivity index is 2.51. The van der Waals surface area contributed by atoms with Gasteiger partial charge in [0.25, 0.3) is 0 Å². The number of carbonyl (C=O) groups excluding carboxylic acids is 1. The lowest BCUT2D eigenvalue weighted by molar-refractivity contribution is -0.155. The van der Waals surface area contributed by atoms with Gasteiger partial charge in [0.1, 0.15) is 0 Å². The van der Waals surface area contributed by atoms with Crippen molar-refractivity contribution in [2.24, 2.45) is 11.8 Å². The number of piperidine rings is 1. The van der Waals surface area contributed by atoms with E-state index in [1.807, 2.05) is 6.92 Å². The first-order chi connectivity index (χ1) is 8.99. The average Bonchev–Trinajstić information content (AvgIpc) is 2.31. The van der Waals surface area contributed by atoms with E-state index in [1.165, 1.54) is 0 Å². The van der Waals surface area contributed by atoms with Crippen molar-refractivity contribution in [3.8, 4) is 0 Å². The molecule has 1 heterocycles. The van der Waals surface area contributed by atoms with Crippen LogP contribution in [0.4, 0.5) is 0 Å². The molecule has 3 atom stereocenters. The number of nitrogens with zero attached hydrogens (tertiary/aromatic N) is 1. The van der Waals surface area contributed by atoms with Crippen LogP contribution in [-0.4, -0.2) is 61.4 Å². The molecule has 0 saturated carbocycles. The zero-order chi connectivity index (χ0) is 14.4. The topological polar surface area (TPSA) is 76.1 Å². The van der Waals surface area contributed by atoms with Crippen LogP contribution in [0.25, 0.3) is 0 Å². The number of likely N-dealkylation sites (tertiary alicyclic amines) is 1. The van der Waals surface area contributed by atoms with Crippen LogP contribution >= 0.6 is 0 Å². The molecular weight excluding hydrogens is 250 g/mol. The monoisotopic (exact) mass is 273 g/mol. The molecule has 1 rings (SSSR count). The molecule has 0 aromatic carbocycles. The molecule has 6 heteroatoms. The average molecular weight is 273 g/mol. The maximum Gasteiger partial charge on any atom is 0.308 e. The summed E-state index contributed by atoms with van der Waals surface area (Å²) >= 11 is 0. The molecule has 0 bridgehead atoms. The summed E-state index contributed by atoms with van der Waals surface area (Å²) in [6, 6.07) is -0.292. The molecule has 1 saturated heterocycles. The fraction of sp³-hybridized carbons (Fsp3) is 0.846. The van der Waals surface area contributed by atoms with Crippen molar-refractivity contribution in [1.82, 2.24) is 4.90 Å². The van der Waals surface area contributed by atoms with Crippen molar-refractivity contribution in [3.05, 3.63) is 0 Å². The second-order valence-corrected chi connectivity index (χ2v) is 4.98. The minimum absolute atomic E-state index is 0.00726. The Hall–Kier alpha value is -1.14. The van der Waals surface area contributed by atoms with Gasteiger partial charge in [-0.1, -0.05) is 6.92 Å². The summed E-state index contributed by atoms with van der Waals surface area (Å²) in [6.07, 6.45) is 0.291. The van der Waals surface area contributed by atoms with Crippen LogP contribution in [-0.2, 0) is 19.1 Å². The van der Waals surface area contributed by atoms with Crippen molar-refractivity contribution in [2.75, 3.05) is 33.5 Å². The molecular formula is C13H23NO5. The van der Waals surface area contributed by atoms with Crippen LogP contribution in [0.2, 0.25) is 0 Å². The molecule has 1 amide bonds. The summed E-state index contributed by atoms with van der Waals surface area (Å²) in [6.45, 7) is 5.44. The second-order valence-electron chi connectivity index (χ2n) is 4.98. The van der Waals surface area contributed by atoms with Gasteiger partial charge in [-0.2, -0.15) is 0 Å². The highest BCUT2D eigenvalue weighted by Gasteiger charge is 2.41. The van der Waals surface area contributed by atoms with E-state index in [-0.39, 0.29) is 17.9 Å². The highest BCUT2D eigenvalue weighted by molar-refractivity contribution is 5.81. The maximum absolute atomic E-state index is 12.0. The largest absolute Gasteiger partial charge is 0.481 e. The smallest absolute Gasteiger partial charge is 0.308 e. The number of aliphatic carboxylic acids is 1. The first-order valence-corrected chi connectivity index (χ1v) is 6.58. The van der Waals surface area contributed by atoms with E-state index in [0.29, 0.717) is 32.8 Å². The van der Waals surface area contributed by atoms with Gasteiger partial charge in [0.05, 0.1) is 25.7 Å². The Kier molecular flexibility index (Phi) is 6.24. The summed E-state index contributed by atoms with van der Waals surface area (Å²) in [5.41, 5.74) is 0. The number of carboxylic acids is 1. The summed E-state index contributed by atoms with van der Waals surface area (Å²) < 4.78 is 10.2. The third-order valence-electron chi connectivity index (χ3n) is 3.63. The predicted molar refractivity (Wildman–Crippen MR) is 68.8 cm³/mol. The van der Waals surface area contributed by atoms with Gasteiger partial charge < -0.3 is 19.5 Å². The van der Waals surface area contributed by atoms with E-state index in [4.69, 9.17) is 9.47 Å². The number of hydrogen-bond acceptors (Lipinski definition) is 4. The second kappa shape index (κ2) is 7.45. The lowest BCUT2D eigenvalue weighted by Gasteiger charge is -2.40. The van der Waals surface area contributed by atoms with Crippen molar-refractivity contribution < 1.29 is 24.2 Å². The number of rotatable bonds is 7. The fourth-order valence-electron chi connectivity index (χ4n) is 2.60. The Labute approximate surface area is 113 Å². The Bertz CT molecular complexity index is 320. The Morgan fingerprint density at radius 1 is 1.37 bits per heavy atom. The van der Waals surface area contributed by atoms with Crippen LogP contribution < -0.4 is 0 Å². The van der Waals surface area contributed by atoms with E-state index in [2.05, 4.69) is 0 Å². The molecule has 0 spiro atoms. The van der Waals surface area contributed by atoms with Crippen LogP contribution in [0.5, 0.6) is 0 Å². The normalized spacial score (nSPS) is 27.6. The number of methoxy groups -OCH3 is 1. The van der Waals surface area contributed by atoms with Crippen LogP contribution in [0, 0.1) is 11.8 Å². The highest BCUT2D eigenvalue weighted by atomic mass is 16.5. The minimum Gasteiger partial charge on any atom is -0.481 e. The van der Waals surface area contributed by atoms with Gasteiger partial charge in [-0.05, 0) is 12.8 Å². The van der Waals surface area contributed by atoms with Gasteiger partial charge in [-0.25, -0.2) is 0 Å². The van der Waals surface area contributed by atoms with E-state index in [1.54, 1.807) is 18.9 Å². The Morgan fingerprint density at radius 2 is 2.05 bits per heavy atom. The van der Waals surface area contributed by atoms with Gasteiger partial charge in [0, 0.05) is 26.1 Å². The van der Waals surface area contributed by atoms with E-state index >= 15 is 0 Å². The van der Waals surface area contributed by atoms with Gasteiger partial charge >= 0.3 is 5.97 Å². The summed E-state index contributed by atoms with van der Waals surface area (Å²) in [5.74, 6) is -1.45. The molecule has 110 valence electrons. The highest BCUT2D eigenvalue weighted by Crippen LogP contribution is 2.29. The first-order valence-electron chi connectivity index (χ1n) is 6.58. The lowest BCUT2D eigenvalue weighted by Crippen LogP contribution is -2.53. The maximum atomic E-state index is 12.0. The van der Waals surface area contributed by atoms with E-state index < -0.39 is 11.9 Å². The number of hydrogen-bond donors (Lipinski definition) is 1. The number of carbonyl (C=O) groups is 2. The minimum atomic E-state index is -0.835. The third-order valence-corrected chi connectivity index (χ3v) is 3.63. The first kappa shape index (κ1) is 15.9. The summed E-state index contributed by atoms with van der Waals surface area (Å²) in [4.78, 5) is 24.8. The van der Waals surface area contributed by atoms with Crippen molar-refractivity contribution in [2.45, 2.75) is 26.3 Å². The van der Waals surface area contributed by atoms with Gasteiger partial charge in [0.2, 0.25) is 5.91 Å². The number of ether oxygens (including phenoxy) is 2. The molecule has 1 aliphatic heterocycles. The number of carboxylic acid groups (broad SMARTS) is 1. The lowest BCUT2D eigenvalue weighted by atomic mass is 9.81. The zero-order valence-corrected chi connectivity index (χ0v) is 11.8. The van der Waals surface area contributed by atoms with Crippen LogP contribution in [0.1, 0.15) is 20.3 Å². The van der Waals surface area contributed by atoms with Crippen LogP contribution in [0.15, 0.2) is 0 Å². The SMILES string of the molecule is COCCOCCN1C(=O)CC(C)C(C(=O)O)C1C. The number of amides is 1. The van der Waals surface area contributed by atoms with Crippen LogP contribution in [0.3, 0.4) is 0 Å². The fourth-order valence-corrected chi connectivity index (χ4v) is 2.60. The molecule has 0 radical (unpaired) electrons. The standard InChI is InChI=1S/C13H23NO5/c1-9-8-11(15)14(4-5-19-7-6-18-3)10(2)12(9)13(16)17/h9-10,12H,4-8H2,1-3H3,(H,16,17). The summed E-state index contributed by atoms with van der Waals surface area (Å²) in [5, 5.41) is 9.24. The molecule has 6 nitrogen and oxygen atoms in total. The Morgan fingerprint density at radius 3 is 2.63 bits per heavy atom. The van der Waals surface area contributed by atoms with E-state index in [9.17, 15) is 14.7 Å². The van der Waals surface area contributed by atoms with Gasteiger partial charge in [-0.15, -0.1) is 0 Å². The molecule has 3 unspecified atom stereocenters. The molecule has 1 N–H and O–H groups in total. The van der Waals surface area contributed by atoms with Gasteiger partial charge in [0.15, 0.2) is 0 Å². The quantitative estimate of drug-likeness (QED) is 0.688. The van der Waals surface area contributed by atoms with E-state index in [0.717, 1.165) is 0 Å². The molecule has 1 fully saturated rings. The van der Waals surface area contributed by atoms with Gasteiger partial charge in [-0.3, -0.25) is 9.59 Å². The molecule has 19 heavy (non-hydrogen) atoms. The summed E-state index contributed by atoms with van der Waals surface area (Å²) in [7, 11) is 1.60. The third kappa shape index (κ3) is 4.18. The van der Waals surface area contributed by atoms with Crippen molar-refractivity contribution >= 4 is 11.9 Å². The molecule has 0 aromatic heterocycles. The molecule has 1 aliphatic rings. The van der Waals surface area contributed by atoms with Crippen molar-refractivity contribution in [3.63, 3.8) is 0 Å².